The zero-order valence-electron chi connectivity index (χ0n) is 11.4. The fourth-order valence-electron chi connectivity index (χ4n) is 1.96. The van der Waals surface area contributed by atoms with Crippen molar-refractivity contribution in [3.05, 3.63) is 34.7 Å². The van der Waals surface area contributed by atoms with E-state index in [4.69, 9.17) is 5.73 Å². The minimum atomic E-state index is -0.230. The Balaban J connectivity index is 2.02. The van der Waals surface area contributed by atoms with Gasteiger partial charge in [0.25, 0.3) is 0 Å². The van der Waals surface area contributed by atoms with Crippen LogP contribution in [0.5, 0.6) is 0 Å². The molecule has 3 N–H and O–H groups in total. The monoisotopic (exact) mass is 302 g/mol. The van der Waals surface area contributed by atoms with Gasteiger partial charge in [-0.25, -0.2) is 19.9 Å². The van der Waals surface area contributed by atoms with Gasteiger partial charge in [0.2, 0.25) is 0 Å². The molecule has 108 valence electrons. The number of H-pyrrole nitrogens is 1. The van der Waals surface area contributed by atoms with Crippen molar-refractivity contribution < 1.29 is 0 Å². The van der Waals surface area contributed by atoms with Gasteiger partial charge in [-0.15, -0.1) is 5.10 Å². The summed E-state index contributed by atoms with van der Waals surface area (Å²) in [5, 5.41) is 7.55. The molecule has 0 bridgehead atoms. The van der Waals surface area contributed by atoms with Gasteiger partial charge in [-0.3, -0.25) is 4.57 Å². The number of hydrogen-bond acceptors (Lipinski definition) is 6. The zero-order chi connectivity index (χ0) is 14.8. The Labute approximate surface area is 124 Å². The van der Waals surface area contributed by atoms with Gasteiger partial charge in [0.05, 0.1) is 11.0 Å². The molecule has 0 atom stereocenters. The van der Waals surface area contributed by atoms with Gasteiger partial charge in [0, 0.05) is 6.54 Å². The highest BCUT2D eigenvalue weighted by Gasteiger charge is 2.13. The van der Waals surface area contributed by atoms with Crippen LogP contribution in [0.4, 0.5) is 5.82 Å². The van der Waals surface area contributed by atoms with Crippen molar-refractivity contribution in [2.75, 3.05) is 5.73 Å². The molecule has 3 rings (SSSR count). The Morgan fingerprint density at radius 1 is 1.29 bits per heavy atom. The van der Waals surface area contributed by atoms with E-state index in [2.05, 4.69) is 20.2 Å². The van der Waals surface area contributed by atoms with Gasteiger partial charge in [0.1, 0.15) is 5.03 Å². The van der Waals surface area contributed by atoms with Gasteiger partial charge in [-0.1, -0.05) is 19.1 Å². The second-order valence-electron chi connectivity index (χ2n) is 4.47. The molecule has 0 fully saturated rings. The van der Waals surface area contributed by atoms with Crippen LogP contribution in [0.3, 0.4) is 0 Å². The first-order valence-corrected chi connectivity index (χ1v) is 7.36. The summed E-state index contributed by atoms with van der Waals surface area (Å²) >= 11 is 1.24. The van der Waals surface area contributed by atoms with E-state index >= 15 is 0 Å². The largest absolute Gasteiger partial charge is 0.381 e. The molecule has 2 heterocycles. The Kier molecular flexibility index (Phi) is 3.61. The Morgan fingerprint density at radius 2 is 2.00 bits per heavy atom. The van der Waals surface area contributed by atoms with E-state index in [-0.39, 0.29) is 5.69 Å². The summed E-state index contributed by atoms with van der Waals surface area (Å²) in [6.45, 7) is 2.59. The lowest BCUT2D eigenvalue weighted by Gasteiger charge is -2.06. The van der Waals surface area contributed by atoms with Gasteiger partial charge >= 0.3 is 5.69 Å². The molecule has 2 aromatic heterocycles. The quantitative estimate of drug-likeness (QED) is 0.759. The maximum Gasteiger partial charge on any atom is 0.343 e. The highest BCUT2D eigenvalue weighted by molar-refractivity contribution is 7.99. The van der Waals surface area contributed by atoms with Crippen LogP contribution in [-0.4, -0.2) is 24.7 Å². The smallest absolute Gasteiger partial charge is 0.343 e. The predicted molar refractivity (Wildman–Crippen MR) is 81.2 cm³/mol. The lowest BCUT2D eigenvalue weighted by Crippen LogP contribution is -2.17. The predicted octanol–water partition coefficient (Wildman–Crippen LogP) is 1.66. The number of anilines is 1. The van der Waals surface area contributed by atoms with Crippen molar-refractivity contribution >= 4 is 28.6 Å². The number of aromatic nitrogens is 5. The first kappa shape index (κ1) is 13.6. The third-order valence-electron chi connectivity index (χ3n) is 2.92. The van der Waals surface area contributed by atoms with E-state index in [0.717, 1.165) is 17.5 Å². The fraction of sp³-hybridized carbons (Fsp3) is 0.231. The van der Waals surface area contributed by atoms with Crippen LogP contribution in [-0.2, 0) is 6.54 Å². The topological polar surface area (TPSA) is 102 Å². The molecule has 0 amide bonds. The SMILES string of the molecule is CCCn1c(Sc2nc3ccccc3nc2N)n[nH]c1=O. The highest BCUT2D eigenvalue weighted by atomic mass is 32.2. The summed E-state index contributed by atoms with van der Waals surface area (Å²) in [5.41, 5.74) is 7.22. The van der Waals surface area contributed by atoms with Gasteiger partial charge in [-0.05, 0) is 30.3 Å². The first-order chi connectivity index (χ1) is 10.2. The second kappa shape index (κ2) is 5.57. The molecule has 0 unspecified atom stereocenters. The minimum Gasteiger partial charge on any atom is -0.381 e. The molecule has 0 spiro atoms. The summed E-state index contributed by atoms with van der Waals surface area (Å²) in [5.74, 6) is 0.331. The van der Waals surface area contributed by atoms with Crippen molar-refractivity contribution in [2.45, 2.75) is 30.1 Å². The zero-order valence-corrected chi connectivity index (χ0v) is 12.2. The van der Waals surface area contributed by atoms with E-state index in [1.54, 1.807) is 4.57 Å². The maximum atomic E-state index is 11.7. The van der Waals surface area contributed by atoms with Gasteiger partial charge in [-0.2, -0.15) is 0 Å². The second-order valence-corrected chi connectivity index (χ2v) is 5.42. The lowest BCUT2D eigenvalue weighted by molar-refractivity contribution is 0.603. The molecule has 0 aliphatic carbocycles. The first-order valence-electron chi connectivity index (χ1n) is 6.54. The molecule has 0 saturated heterocycles. The molecule has 0 radical (unpaired) electrons. The maximum absolute atomic E-state index is 11.7. The van der Waals surface area contributed by atoms with Crippen molar-refractivity contribution in [2.24, 2.45) is 0 Å². The van der Waals surface area contributed by atoms with Crippen molar-refractivity contribution in [3.63, 3.8) is 0 Å². The van der Waals surface area contributed by atoms with Crippen LogP contribution in [0.15, 0.2) is 39.2 Å². The Hall–Kier alpha value is -2.35. The Morgan fingerprint density at radius 3 is 2.71 bits per heavy atom. The standard InChI is InChI=1S/C13H14N6OS/c1-2-7-19-12(20)17-18-13(19)21-11-10(14)15-8-5-3-4-6-9(8)16-11/h3-6H,2,7H2,1H3,(H2,14,15)(H,17,20). The number of benzene rings is 1. The van der Waals surface area contributed by atoms with Crippen LogP contribution >= 0.6 is 11.8 Å². The van der Waals surface area contributed by atoms with Gasteiger partial charge in [0.15, 0.2) is 11.0 Å². The Bertz CT molecular complexity index is 840. The summed E-state index contributed by atoms with van der Waals surface area (Å²) in [7, 11) is 0. The normalized spacial score (nSPS) is 11.1. The molecular weight excluding hydrogens is 288 g/mol. The molecule has 0 aliphatic heterocycles. The number of hydrogen-bond donors (Lipinski definition) is 2. The molecule has 7 nitrogen and oxygen atoms in total. The molecular formula is C13H14N6OS. The minimum absolute atomic E-state index is 0.230. The average Bonchev–Trinajstić information content (AvgIpc) is 2.81. The summed E-state index contributed by atoms with van der Waals surface area (Å²) in [4.78, 5) is 20.5. The van der Waals surface area contributed by atoms with E-state index in [9.17, 15) is 4.79 Å². The average molecular weight is 302 g/mol. The van der Waals surface area contributed by atoms with Crippen LogP contribution in [0.25, 0.3) is 11.0 Å². The highest BCUT2D eigenvalue weighted by Crippen LogP contribution is 2.28. The van der Waals surface area contributed by atoms with Crippen LogP contribution in [0, 0.1) is 0 Å². The van der Waals surface area contributed by atoms with E-state index in [1.165, 1.54) is 11.8 Å². The van der Waals surface area contributed by atoms with E-state index < -0.39 is 0 Å². The summed E-state index contributed by atoms with van der Waals surface area (Å²) in [6.07, 6.45) is 0.839. The number of nitrogens with zero attached hydrogens (tertiary/aromatic N) is 4. The summed E-state index contributed by atoms with van der Waals surface area (Å²) in [6, 6.07) is 7.50. The van der Waals surface area contributed by atoms with E-state index in [1.807, 2.05) is 31.2 Å². The lowest BCUT2D eigenvalue weighted by atomic mass is 10.3. The molecule has 0 saturated carbocycles. The number of aromatic amines is 1. The fourth-order valence-corrected chi connectivity index (χ4v) is 2.80. The van der Waals surface area contributed by atoms with Crippen molar-refractivity contribution in [1.82, 2.24) is 24.7 Å². The van der Waals surface area contributed by atoms with Crippen LogP contribution in [0.1, 0.15) is 13.3 Å². The third-order valence-corrected chi connectivity index (χ3v) is 3.91. The number of nitrogens with one attached hydrogen (secondary N) is 1. The molecule has 3 aromatic rings. The number of rotatable bonds is 4. The molecule has 0 aliphatic rings. The number of para-hydroxylation sites is 2. The van der Waals surface area contributed by atoms with Crippen LogP contribution < -0.4 is 11.4 Å². The van der Waals surface area contributed by atoms with E-state index in [0.29, 0.717) is 22.5 Å². The molecule has 8 heteroatoms. The number of nitrogens with two attached hydrogens (primary N) is 1. The van der Waals surface area contributed by atoms with Crippen LogP contribution in [0.2, 0.25) is 0 Å². The number of fused-ring (bicyclic) bond motifs is 1. The summed E-state index contributed by atoms with van der Waals surface area (Å²) < 4.78 is 1.57. The molecule has 1 aromatic carbocycles. The van der Waals surface area contributed by atoms with Crippen molar-refractivity contribution in [1.29, 1.82) is 0 Å². The van der Waals surface area contributed by atoms with Gasteiger partial charge < -0.3 is 5.73 Å². The number of nitrogen functional groups attached to an aromatic ring is 1. The third kappa shape index (κ3) is 2.62. The van der Waals surface area contributed by atoms with Crippen molar-refractivity contribution in [3.8, 4) is 0 Å². The molecule has 21 heavy (non-hydrogen) atoms.